The fourth-order valence-electron chi connectivity index (χ4n) is 2.73. The fraction of sp³-hybridized carbons (Fsp3) is 0.294. The van der Waals surface area contributed by atoms with Gasteiger partial charge in [0.15, 0.2) is 0 Å². The van der Waals surface area contributed by atoms with Crippen molar-refractivity contribution in [3.05, 3.63) is 47.0 Å². The molecule has 0 radical (unpaired) electrons. The van der Waals surface area contributed by atoms with E-state index in [9.17, 15) is 8.42 Å². The van der Waals surface area contributed by atoms with Crippen LogP contribution in [0, 0.1) is 0 Å². The van der Waals surface area contributed by atoms with E-state index in [0.717, 1.165) is 16.2 Å². The standard InChI is InChI=1S/C17H18ClNO4S2/c1-22-12-4-5-15(23-2)17(10-12)25(20,21)19-14-7-8-24-16-6-3-11(18)9-13(14)16/h3-6,9-10,14,19H,7-8H2,1-2H3/t14-/m0/s1. The third kappa shape index (κ3) is 3.89. The van der Waals surface area contributed by atoms with Gasteiger partial charge in [-0.25, -0.2) is 13.1 Å². The molecule has 2 aromatic carbocycles. The Kier molecular flexibility index (Phi) is 5.48. The third-order valence-corrected chi connectivity index (χ3v) is 6.82. The number of ether oxygens (including phenoxy) is 2. The number of sulfonamides is 1. The van der Waals surface area contributed by atoms with Crippen LogP contribution in [0.2, 0.25) is 5.02 Å². The van der Waals surface area contributed by atoms with Crippen LogP contribution < -0.4 is 14.2 Å². The number of thioether (sulfide) groups is 1. The Labute approximate surface area is 156 Å². The van der Waals surface area contributed by atoms with Gasteiger partial charge in [-0.1, -0.05) is 11.6 Å². The highest BCUT2D eigenvalue weighted by Crippen LogP contribution is 2.39. The molecule has 1 N–H and O–H groups in total. The number of nitrogens with one attached hydrogen (secondary N) is 1. The van der Waals surface area contributed by atoms with Crippen molar-refractivity contribution in [2.24, 2.45) is 0 Å². The molecule has 1 atom stereocenters. The quantitative estimate of drug-likeness (QED) is 0.826. The van der Waals surface area contributed by atoms with Crippen molar-refractivity contribution in [2.75, 3.05) is 20.0 Å². The first-order valence-electron chi connectivity index (χ1n) is 7.61. The van der Waals surface area contributed by atoms with E-state index in [1.165, 1.54) is 20.3 Å². The van der Waals surface area contributed by atoms with Gasteiger partial charge in [-0.2, -0.15) is 0 Å². The molecule has 1 heterocycles. The summed E-state index contributed by atoms with van der Waals surface area (Å²) in [5, 5.41) is 0.587. The van der Waals surface area contributed by atoms with Crippen LogP contribution in [0.25, 0.3) is 0 Å². The Hall–Kier alpha value is -1.41. The van der Waals surface area contributed by atoms with Crippen LogP contribution in [0.15, 0.2) is 46.2 Å². The number of hydrogen-bond acceptors (Lipinski definition) is 5. The minimum Gasteiger partial charge on any atom is -0.497 e. The Balaban J connectivity index is 1.97. The van der Waals surface area contributed by atoms with Crippen LogP contribution in [-0.2, 0) is 10.0 Å². The second kappa shape index (κ2) is 7.45. The molecule has 1 aliphatic rings. The summed E-state index contributed by atoms with van der Waals surface area (Å²) in [5.41, 5.74) is 0.897. The van der Waals surface area contributed by atoms with Gasteiger partial charge in [-0.15, -0.1) is 11.8 Å². The van der Waals surface area contributed by atoms with Crippen molar-refractivity contribution < 1.29 is 17.9 Å². The van der Waals surface area contributed by atoms with E-state index in [-0.39, 0.29) is 16.7 Å². The molecular weight excluding hydrogens is 382 g/mol. The van der Waals surface area contributed by atoms with Crippen LogP contribution in [0.1, 0.15) is 18.0 Å². The largest absolute Gasteiger partial charge is 0.497 e. The number of methoxy groups -OCH3 is 2. The van der Waals surface area contributed by atoms with E-state index in [1.54, 1.807) is 23.9 Å². The summed E-state index contributed by atoms with van der Waals surface area (Å²) in [6, 6.07) is 9.91. The minimum atomic E-state index is -3.80. The van der Waals surface area contributed by atoms with Gasteiger partial charge in [0.1, 0.15) is 16.4 Å². The second-order valence-corrected chi connectivity index (χ2v) is 8.77. The van der Waals surface area contributed by atoms with Crippen LogP contribution in [0.4, 0.5) is 0 Å². The molecule has 0 unspecified atom stereocenters. The Morgan fingerprint density at radius 3 is 2.68 bits per heavy atom. The summed E-state index contributed by atoms with van der Waals surface area (Å²) in [6.45, 7) is 0. The van der Waals surface area contributed by atoms with Gasteiger partial charge in [-0.05, 0) is 48.1 Å². The van der Waals surface area contributed by atoms with E-state index in [4.69, 9.17) is 21.1 Å². The molecule has 0 fully saturated rings. The zero-order chi connectivity index (χ0) is 18.0. The normalized spacial score (nSPS) is 17.0. The molecule has 1 aliphatic heterocycles. The van der Waals surface area contributed by atoms with Crippen molar-refractivity contribution >= 4 is 33.4 Å². The fourth-order valence-corrected chi connectivity index (χ4v) is 5.45. The number of hydrogen-bond donors (Lipinski definition) is 1. The van der Waals surface area contributed by atoms with E-state index in [1.807, 2.05) is 18.2 Å². The Morgan fingerprint density at radius 1 is 1.16 bits per heavy atom. The van der Waals surface area contributed by atoms with Crippen LogP contribution in [0.5, 0.6) is 11.5 Å². The lowest BCUT2D eigenvalue weighted by Crippen LogP contribution is -2.31. The maximum Gasteiger partial charge on any atom is 0.244 e. The van der Waals surface area contributed by atoms with E-state index >= 15 is 0 Å². The van der Waals surface area contributed by atoms with Crippen molar-refractivity contribution in [3.8, 4) is 11.5 Å². The minimum absolute atomic E-state index is 0.0520. The molecule has 8 heteroatoms. The second-order valence-electron chi connectivity index (χ2n) is 5.51. The Bertz CT molecular complexity index is 886. The zero-order valence-electron chi connectivity index (χ0n) is 13.8. The molecule has 2 aromatic rings. The van der Waals surface area contributed by atoms with E-state index in [2.05, 4.69) is 4.72 Å². The smallest absolute Gasteiger partial charge is 0.244 e. The summed E-state index contributed by atoms with van der Waals surface area (Å²) in [4.78, 5) is 1.09. The molecule has 3 rings (SSSR count). The molecule has 0 aliphatic carbocycles. The van der Waals surface area contributed by atoms with Crippen molar-refractivity contribution in [3.63, 3.8) is 0 Å². The topological polar surface area (TPSA) is 64.6 Å². The molecule has 0 bridgehead atoms. The lowest BCUT2D eigenvalue weighted by molar-refractivity contribution is 0.391. The van der Waals surface area contributed by atoms with E-state index in [0.29, 0.717) is 17.2 Å². The van der Waals surface area contributed by atoms with Gasteiger partial charge in [0.2, 0.25) is 10.0 Å². The number of benzene rings is 2. The lowest BCUT2D eigenvalue weighted by atomic mass is 10.1. The highest BCUT2D eigenvalue weighted by molar-refractivity contribution is 7.99. The zero-order valence-corrected chi connectivity index (χ0v) is 16.2. The molecule has 5 nitrogen and oxygen atoms in total. The van der Waals surface area contributed by atoms with Crippen molar-refractivity contribution in [1.29, 1.82) is 0 Å². The number of rotatable bonds is 5. The summed E-state index contributed by atoms with van der Waals surface area (Å²) < 4.78 is 39.1. The number of fused-ring (bicyclic) bond motifs is 1. The predicted octanol–water partition coefficient (Wildman–Crippen LogP) is 3.87. The molecule has 0 amide bonds. The van der Waals surface area contributed by atoms with Gasteiger partial charge < -0.3 is 9.47 Å². The summed E-state index contributed by atoms with van der Waals surface area (Å²) in [7, 11) is -0.872. The summed E-state index contributed by atoms with van der Waals surface area (Å²) >= 11 is 7.79. The summed E-state index contributed by atoms with van der Waals surface area (Å²) in [6.07, 6.45) is 0.684. The first-order chi connectivity index (χ1) is 11.9. The molecule has 0 saturated carbocycles. The van der Waals surface area contributed by atoms with Gasteiger partial charge in [-0.3, -0.25) is 0 Å². The van der Waals surface area contributed by atoms with Gasteiger partial charge in [0, 0.05) is 22.0 Å². The van der Waals surface area contributed by atoms with Crippen LogP contribution in [-0.4, -0.2) is 28.4 Å². The molecule has 134 valence electrons. The lowest BCUT2D eigenvalue weighted by Gasteiger charge is -2.26. The third-order valence-electron chi connectivity index (χ3n) is 3.97. The highest BCUT2D eigenvalue weighted by Gasteiger charge is 2.28. The van der Waals surface area contributed by atoms with Gasteiger partial charge in [0.05, 0.1) is 14.2 Å². The van der Waals surface area contributed by atoms with Gasteiger partial charge in [0.25, 0.3) is 0 Å². The highest BCUT2D eigenvalue weighted by atomic mass is 35.5. The van der Waals surface area contributed by atoms with Crippen molar-refractivity contribution in [2.45, 2.75) is 22.3 Å². The van der Waals surface area contributed by atoms with Gasteiger partial charge >= 0.3 is 0 Å². The Morgan fingerprint density at radius 2 is 1.96 bits per heavy atom. The first-order valence-corrected chi connectivity index (χ1v) is 10.5. The molecule has 0 spiro atoms. The maximum absolute atomic E-state index is 13.0. The molecular formula is C17H18ClNO4S2. The maximum atomic E-state index is 13.0. The SMILES string of the molecule is COc1ccc(OC)c(S(=O)(=O)N[C@H]2CCSc3ccc(Cl)cc32)c1. The molecule has 0 saturated heterocycles. The monoisotopic (exact) mass is 399 g/mol. The van der Waals surface area contributed by atoms with Crippen LogP contribution in [0.3, 0.4) is 0 Å². The van der Waals surface area contributed by atoms with Crippen LogP contribution >= 0.6 is 23.4 Å². The summed E-state index contributed by atoms with van der Waals surface area (Å²) in [5.74, 6) is 1.55. The average Bonchev–Trinajstić information content (AvgIpc) is 2.61. The molecule has 0 aromatic heterocycles. The van der Waals surface area contributed by atoms with Crippen molar-refractivity contribution in [1.82, 2.24) is 4.72 Å². The van der Waals surface area contributed by atoms with E-state index < -0.39 is 10.0 Å². The first kappa shape index (κ1) is 18.4. The number of halogens is 1. The average molecular weight is 400 g/mol. The predicted molar refractivity (Wildman–Crippen MR) is 99.4 cm³/mol. The molecule has 25 heavy (non-hydrogen) atoms.